The van der Waals surface area contributed by atoms with Gasteiger partial charge in [-0.2, -0.15) is 0 Å². The van der Waals surface area contributed by atoms with Gasteiger partial charge in [-0.15, -0.1) is 0 Å². The molecule has 1 aromatic carbocycles. The Kier molecular flexibility index (Phi) is 5.80. The van der Waals surface area contributed by atoms with E-state index in [1.165, 1.54) is 0 Å². The van der Waals surface area contributed by atoms with E-state index in [4.69, 9.17) is 27.9 Å². The maximum Gasteiger partial charge on any atom is 0.139 e. The van der Waals surface area contributed by atoms with Gasteiger partial charge in [0, 0.05) is 22.3 Å². The van der Waals surface area contributed by atoms with Crippen molar-refractivity contribution in [1.82, 2.24) is 0 Å². The van der Waals surface area contributed by atoms with Crippen molar-refractivity contribution in [3.05, 3.63) is 28.2 Å². The third kappa shape index (κ3) is 4.21. The van der Waals surface area contributed by atoms with E-state index in [1.807, 2.05) is 0 Å². The number of hydrogen-bond acceptors (Lipinski definition) is 1. The summed E-state index contributed by atoms with van der Waals surface area (Å²) in [7, 11) is 0. The van der Waals surface area contributed by atoms with E-state index in [-0.39, 0.29) is 0 Å². The summed E-state index contributed by atoms with van der Waals surface area (Å²) >= 11 is 15.3. The Morgan fingerprint density at radius 1 is 1.40 bits per heavy atom. The zero-order chi connectivity index (χ0) is 11.3. The maximum atomic E-state index is 5.97. The molecule has 1 rings (SSSR count). The van der Waals surface area contributed by atoms with Crippen LogP contribution in [0, 0.1) is 5.92 Å². The van der Waals surface area contributed by atoms with Crippen LogP contribution in [0.25, 0.3) is 0 Å². The minimum absolute atomic E-state index is 0.500. The van der Waals surface area contributed by atoms with Crippen molar-refractivity contribution in [2.45, 2.75) is 13.3 Å². The molecular formula is C11H13BrCl2O. The average molecular weight is 312 g/mol. The van der Waals surface area contributed by atoms with Crippen LogP contribution in [-0.2, 0) is 0 Å². The first kappa shape index (κ1) is 13.1. The highest BCUT2D eigenvalue weighted by atomic mass is 79.9. The summed E-state index contributed by atoms with van der Waals surface area (Å²) in [5, 5.41) is 2.17. The van der Waals surface area contributed by atoms with Gasteiger partial charge in [-0.1, -0.05) is 46.1 Å². The van der Waals surface area contributed by atoms with Crippen molar-refractivity contribution in [2.75, 3.05) is 11.9 Å². The van der Waals surface area contributed by atoms with Gasteiger partial charge in [-0.25, -0.2) is 0 Å². The van der Waals surface area contributed by atoms with Crippen LogP contribution < -0.4 is 4.74 Å². The second-order valence-electron chi connectivity index (χ2n) is 3.31. The quantitative estimate of drug-likeness (QED) is 0.710. The number of benzene rings is 1. The highest BCUT2D eigenvalue weighted by molar-refractivity contribution is 9.09. The third-order valence-electron chi connectivity index (χ3n) is 2.16. The largest absolute Gasteiger partial charge is 0.492 e. The molecule has 0 aliphatic heterocycles. The van der Waals surface area contributed by atoms with Crippen molar-refractivity contribution in [1.29, 1.82) is 0 Å². The molecule has 0 aliphatic rings. The van der Waals surface area contributed by atoms with E-state index >= 15 is 0 Å². The number of hydrogen-bond donors (Lipinski definition) is 0. The van der Waals surface area contributed by atoms with Gasteiger partial charge in [0.2, 0.25) is 0 Å². The summed E-state index contributed by atoms with van der Waals surface area (Å²) in [4.78, 5) is 0. The molecule has 84 valence electrons. The molecule has 0 heterocycles. The molecule has 4 heteroatoms. The summed E-state index contributed by atoms with van der Waals surface area (Å²) in [5.74, 6) is 1.16. The molecule has 15 heavy (non-hydrogen) atoms. The Morgan fingerprint density at radius 3 is 2.73 bits per heavy atom. The molecule has 1 atom stereocenters. The Hall–Kier alpha value is 0.0800. The molecule has 0 amide bonds. The normalized spacial score (nSPS) is 12.5. The minimum atomic E-state index is 0.500. The third-order valence-corrected chi connectivity index (χ3v) is 3.63. The zero-order valence-electron chi connectivity index (χ0n) is 8.47. The van der Waals surface area contributed by atoms with Gasteiger partial charge in [-0.3, -0.25) is 0 Å². The molecule has 0 aliphatic carbocycles. The second kappa shape index (κ2) is 6.62. The molecule has 0 spiro atoms. The SMILES string of the molecule is CCC(CBr)COc1cc(Cl)ccc1Cl. The fourth-order valence-corrected chi connectivity index (χ4v) is 2.05. The highest BCUT2D eigenvalue weighted by Gasteiger charge is 2.07. The molecule has 1 aromatic rings. The van der Waals surface area contributed by atoms with Gasteiger partial charge < -0.3 is 4.74 Å². The Morgan fingerprint density at radius 2 is 2.13 bits per heavy atom. The fraction of sp³-hybridized carbons (Fsp3) is 0.455. The summed E-state index contributed by atoms with van der Waals surface area (Å²) in [6, 6.07) is 5.23. The van der Waals surface area contributed by atoms with Crippen LogP contribution in [0.2, 0.25) is 10.0 Å². The lowest BCUT2D eigenvalue weighted by atomic mass is 10.1. The number of alkyl halides is 1. The monoisotopic (exact) mass is 310 g/mol. The molecular weight excluding hydrogens is 299 g/mol. The first-order chi connectivity index (χ1) is 7.17. The summed E-state index contributed by atoms with van der Waals surface area (Å²) in [6.07, 6.45) is 1.07. The molecule has 1 nitrogen and oxygen atoms in total. The second-order valence-corrected chi connectivity index (χ2v) is 4.81. The lowest BCUT2D eigenvalue weighted by Crippen LogP contribution is -2.12. The predicted molar refractivity (Wildman–Crippen MR) is 69.5 cm³/mol. The van der Waals surface area contributed by atoms with Gasteiger partial charge in [0.25, 0.3) is 0 Å². The van der Waals surface area contributed by atoms with Crippen LogP contribution in [0.1, 0.15) is 13.3 Å². The van der Waals surface area contributed by atoms with Crippen LogP contribution in [0.4, 0.5) is 0 Å². The number of ether oxygens (including phenoxy) is 1. The van der Waals surface area contributed by atoms with Crippen LogP contribution in [-0.4, -0.2) is 11.9 Å². The van der Waals surface area contributed by atoms with E-state index in [2.05, 4.69) is 22.9 Å². The Labute approximate surface area is 109 Å². The molecule has 1 unspecified atom stereocenters. The Bertz CT molecular complexity index is 313. The lowest BCUT2D eigenvalue weighted by molar-refractivity contribution is 0.260. The molecule has 0 fully saturated rings. The topological polar surface area (TPSA) is 9.23 Å². The summed E-state index contributed by atoms with van der Waals surface area (Å²) in [5.41, 5.74) is 0. The van der Waals surface area contributed by atoms with E-state index in [0.717, 1.165) is 11.8 Å². The minimum Gasteiger partial charge on any atom is -0.492 e. The van der Waals surface area contributed by atoms with Gasteiger partial charge in [0.05, 0.1) is 11.6 Å². The summed E-state index contributed by atoms with van der Waals surface area (Å²) in [6.45, 7) is 2.79. The van der Waals surface area contributed by atoms with E-state index in [0.29, 0.717) is 28.3 Å². The van der Waals surface area contributed by atoms with Crippen LogP contribution >= 0.6 is 39.1 Å². The van der Waals surface area contributed by atoms with Gasteiger partial charge >= 0.3 is 0 Å². The van der Waals surface area contributed by atoms with Crippen LogP contribution in [0.5, 0.6) is 5.75 Å². The molecule has 0 aromatic heterocycles. The first-order valence-corrected chi connectivity index (χ1v) is 6.69. The Balaban J connectivity index is 2.60. The van der Waals surface area contributed by atoms with Crippen LogP contribution in [0.15, 0.2) is 18.2 Å². The molecule has 0 saturated carbocycles. The van der Waals surface area contributed by atoms with Gasteiger partial charge in [0.1, 0.15) is 5.75 Å². The maximum absolute atomic E-state index is 5.97. The molecule has 0 radical (unpaired) electrons. The van der Waals surface area contributed by atoms with E-state index in [9.17, 15) is 0 Å². The number of halogens is 3. The standard InChI is InChI=1S/C11H13BrCl2O/c1-2-8(6-12)7-15-11-5-9(13)3-4-10(11)14/h3-5,8H,2,6-7H2,1H3. The van der Waals surface area contributed by atoms with E-state index < -0.39 is 0 Å². The molecule has 0 N–H and O–H groups in total. The highest BCUT2D eigenvalue weighted by Crippen LogP contribution is 2.28. The lowest BCUT2D eigenvalue weighted by Gasteiger charge is -2.14. The number of rotatable bonds is 5. The zero-order valence-corrected chi connectivity index (χ0v) is 11.6. The predicted octanol–water partition coefficient (Wildman–Crippen LogP) is 4.79. The van der Waals surface area contributed by atoms with Crippen molar-refractivity contribution in [2.24, 2.45) is 5.92 Å². The van der Waals surface area contributed by atoms with E-state index in [1.54, 1.807) is 18.2 Å². The van der Waals surface area contributed by atoms with Gasteiger partial charge in [0.15, 0.2) is 0 Å². The molecule has 0 saturated heterocycles. The van der Waals surface area contributed by atoms with Crippen LogP contribution in [0.3, 0.4) is 0 Å². The van der Waals surface area contributed by atoms with Crippen molar-refractivity contribution >= 4 is 39.1 Å². The molecule has 0 bridgehead atoms. The summed E-state index contributed by atoms with van der Waals surface area (Å²) < 4.78 is 5.62. The van der Waals surface area contributed by atoms with Gasteiger partial charge in [-0.05, 0) is 18.6 Å². The van der Waals surface area contributed by atoms with Crippen molar-refractivity contribution in [3.8, 4) is 5.75 Å². The average Bonchev–Trinajstić information content (AvgIpc) is 2.24. The smallest absolute Gasteiger partial charge is 0.139 e. The first-order valence-electron chi connectivity index (χ1n) is 4.81. The van der Waals surface area contributed by atoms with Crippen molar-refractivity contribution < 1.29 is 4.74 Å². The van der Waals surface area contributed by atoms with Crippen molar-refractivity contribution in [3.63, 3.8) is 0 Å². The fourth-order valence-electron chi connectivity index (χ4n) is 1.07.